The summed E-state index contributed by atoms with van der Waals surface area (Å²) in [5.41, 5.74) is 0. The number of hydrogen-bond donors (Lipinski definition) is 1. The van der Waals surface area contributed by atoms with Gasteiger partial charge in [0, 0.05) is 7.11 Å². The molecule has 0 amide bonds. The van der Waals surface area contributed by atoms with E-state index in [0.29, 0.717) is 6.61 Å². The first-order chi connectivity index (χ1) is 5.62. The molecule has 0 saturated carbocycles. The minimum absolute atomic E-state index is 0.293. The highest BCUT2D eigenvalue weighted by atomic mass is 31.2. The predicted molar refractivity (Wildman–Crippen MR) is 46.9 cm³/mol. The molecular weight excluding hydrogens is 179 g/mol. The van der Waals surface area contributed by atoms with E-state index in [0.717, 1.165) is 32.8 Å². The Morgan fingerprint density at radius 1 is 1.33 bits per heavy atom. The van der Waals surface area contributed by atoms with E-state index >= 15 is 0 Å². The summed E-state index contributed by atoms with van der Waals surface area (Å²) in [5, 5.41) is 0. The first-order valence-electron chi connectivity index (χ1n) is 4.15. The number of rotatable bonds is 7. The lowest BCUT2D eigenvalue weighted by Gasteiger charge is -2.08. The van der Waals surface area contributed by atoms with Crippen LogP contribution in [0.1, 0.15) is 32.6 Å². The molecule has 0 aromatic heterocycles. The number of hydrogen-bond acceptors (Lipinski definition) is 3. The first-order valence-corrected chi connectivity index (χ1v) is 5.65. The van der Waals surface area contributed by atoms with Gasteiger partial charge in [0.25, 0.3) is 0 Å². The van der Waals surface area contributed by atoms with Gasteiger partial charge < -0.3 is 4.89 Å². The van der Waals surface area contributed by atoms with Crippen LogP contribution in [0.3, 0.4) is 0 Å². The second kappa shape index (κ2) is 6.61. The summed E-state index contributed by atoms with van der Waals surface area (Å²) in [7, 11) is -2.56. The van der Waals surface area contributed by atoms with E-state index in [1.165, 1.54) is 0 Å². The number of phosphoric acid groups is 1. The van der Waals surface area contributed by atoms with Gasteiger partial charge in [-0.3, -0.25) is 9.05 Å². The Hall–Kier alpha value is 0.110. The van der Waals surface area contributed by atoms with Crippen LogP contribution in [0.2, 0.25) is 0 Å². The summed E-state index contributed by atoms with van der Waals surface area (Å²) in [5.74, 6) is 0. The van der Waals surface area contributed by atoms with Gasteiger partial charge in [-0.15, -0.1) is 0 Å². The van der Waals surface area contributed by atoms with Crippen molar-refractivity contribution in [3.8, 4) is 0 Å². The Morgan fingerprint density at radius 3 is 2.50 bits per heavy atom. The van der Waals surface area contributed by atoms with Crippen molar-refractivity contribution in [1.82, 2.24) is 0 Å². The normalized spacial score (nSPS) is 15.9. The van der Waals surface area contributed by atoms with E-state index < -0.39 is 7.82 Å². The molecule has 0 aliphatic carbocycles. The fraction of sp³-hybridized carbons (Fsp3) is 1.00. The molecule has 0 aromatic carbocycles. The van der Waals surface area contributed by atoms with Gasteiger partial charge in [-0.25, -0.2) is 4.57 Å². The molecule has 5 heteroatoms. The minimum atomic E-state index is -3.72. The van der Waals surface area contributed by atoms with E-state index in [-0.39, 0.29) is 0 Å². The molecule has 12 heavy (non-hydrogen) atoms. The van der Waals surface area contributed by atoms with Gasteiger partial charge in [0.05, 0.1) is 6.61 Å². The van der Waals surface area contributed by atoms with Crippen LogP contribution in [0.5, 0.6) is 0 Å². The zero-order valence-corrected chi connectivity index (χ0v) is 8.55. The molecular formula is C7H17O4P. The third kappa shape index (κ3) is 6.80. The van der Waals surface area contributed by atoms with Crippen LogP contribution in [0.25, 0.3) is 0 Å². The highest BCUT2D eigenvalue weighted by molar-refractivity contribution is 7.47. The zero-order valence-electron chi connectivity index (χ0n) is 7.65. The third-order valence-corrected chi connectivity index (χ3v) is 2.45. The fourth-order valence-electron chi connectivity index (χ4n) is 0.761. The highest BCUT2D eigenvalue weighted by Gasteiger charge is 2.16. The summed E-state index contributed by atoms with van der Waals surface area (Å²) in [4.78, 5) is 8.79. The van der Waals surface area contributed by atoms with Crippen LogP contribution >= 0.6 is 7.82 Å². The van der Waals surface area contributed by atoms with Crippen LogP contribution in [0, 0.1) is 0 Å². The topological polar surface area (TPSA) is 55.8 Å². The summed E-state index contributed by atoms with van der Waals surface area (Å²) in [6.07, 6.45) is 4.11. The minimum Gasteiger partial charge on any atom is -0.303 e. The Kier molecular flexibility index (Phi) is 6.67. The Labute approximate surface area is 73.5 Å². The first kappa shape index (κ1) is 12.1. The molecule has 0 aliphatic rings. The number of unbranched alkanes of at least 4 members (excludes halogenated alkanes) is 3. The van der Waals surface area contributed by atoms with Crippen molar-refractivity contribution in [1.29, 1.82) is 0 Å². The lowest BCUT2D eigenvalue weighted by molar-refractivity contribution is 0.170. The quantitative estimate of drug-likeness (QED) is 0.501. The van der Waals surface area contributed by atoms with Crippen LogP contribution in [0.15, 0.2) is 0 Å². The van der Waals surface area contributed by atoms with Gasteiger partial charge in [0.2, 0.25) is 0 Å². The molecule has 0 spiro atoms. The van der Waals surface area contributed by atoms with Crippen LogP contribution < -0.4 is 0 Å². The molecule has 0 bridgehead atoms. The fourth-order valence-corrected chi connectivity index (χ4v) is 1.23. The van der Waals surface area contributed by atoms with Crippen molar-refractivity contribution in [2.45, 2.75) is 32.6 Å². The average Bonchev–Trinajstić information content (AvgIpc) is 2.04. The van der Waals surface area contributed by atoms with Crippen molar-refractivity contribution >= 4 is 7.82 Å². The summed E-state index contributed by atoms with van der Waals surface area (Å²) >= 11 is 0. The standard InChI is InChI=1S/C7H17O4P/c1-3-4-5-6-7-11-12(8,9)10-2/h3-7H2,1-2H3,(H,8,9). The maximum absolute atomic E-state index is 10.7. The van der Waals surface area contributed by atoms with Gasteiger partial charge in [0.15, 0.2) is 0 Å². The van der Waals surface area contributed by atoms with E-state index in [2.05, 4.69) is 16.0 Å². The molecule has 0 fully saturated rings. The van der Waals surface area contributed by atoms with Crippen molar-refractivity contribution in [2.24, 2.45) is 0 Å². The maximum atomic E-state index is 10.7. The number of phosphoric ester groups is 1. The lowest BCUT2D eigenvalue weighted by Crippen LogP contribution is -1.94. The van der Waals surface area contributed by atoms with E-state index in [4.69, 9.17) is 4.89 Å². The largest absolute Gasteiger partial charge is 0.471 e. The van der Waals surface area contributed by atoms with E-state index in [9.17, 15) is 4.57 Å². The van der Waals surface area contributed by atoms with Gasteiger partial charge in [-0.05, 0) is 6.42 Å². The second-order valence-electron chi connectivity index (χ2n) is 2.55. The Bertz CT molecular complexity index is 148. The van der Waals surface area contributed by atoms with Gasteiger partial charge in [0.1, 0.15) is 0 Å². The van der Waals surface area contributed by atoms with Crippen LogP contribution in [0.4, 0.5) is 0 Å². The van der Waals surface area contributed by atoms with Gasteiger partial charge in [-0.1, -0.05) is 26.2 Å². The van der Waals surface area contributed by atoms with Crippen LogP contribution in [-0.4, -0.2) is 18.6 Å². The van der Waals surface area contributed by atoms with E-state index in [1.807, 2.05) is 0 Å². The van der Waals surface area contributed by atoms with Crippen molar-refractivity contribution < 1.29 is 18.5 Å². The Balaban J connectivity index is 3.25. The summed E-state index contributed by atoms with van der Waals surface area (Å²) in [6.45, 7) is 2.40. The monoisotopic (exact) mass is 196 g/mol. The average molecular weight is 196 g/mol. The van der Waals surface area contributed by atoms with Crippen molar-refractivity contribution in [2.75, 3.05) is 13.7 Å². The summed E-state index contributed by atoms with van der Waals surface area (Å²) in [6, 6.07) is 0. The molecule has 1 N–H and O–H groups in total. The molecule has 4 nitrogen and oxygen atoms in total. The van der Waals surface area contributed by atoms with Crippen molar-refractivity contribution in [3.05, 3.63) is 0 Å². The van der Waals surface area contributed by atoms with Crippen molar-refractivity contribution in [3.63, 3.8) is 0 Å². The molecule has 0 rings (SSSR count). The SMILES string of the molecule is CCCCCCOP(=O)(O)OC. The third-order valence-electron chi connectivity index (χ3n) is 1.48. The molecule has 0 aliphatic heterocycles. The molecule has 0 saturated heterocycles. The second-order valence-corrected chi connectivity index (χ2v) is 4.11. The molecule has 0 heterocycles. The molecule has 74 valence electrons. The van der Waals surface area contributed by atoms with Gasteiger partial charge in [-0.2, -0.15) is 0 Å². The Morgan fingerprint density at radius 2 is 2.00 bits per heavy atom. The maximum Gasteiger partial charge on any atom is 0.471 e. The molecule has 1 atom stereocenters. The highest BCUT2D eigenvalue weighted by Crippen LogP contribution is 2.41. The molecule has 0 aromatic rings. The zero-order chi connectivity index (χ0) is 9.45. The summed E-state index contributed by atoms with van der Waals surface area (Å²) < 4.78 is 19.6. The van der Waals surface area contributed by atoms with E-state index in [1.54, 1.807) is 0 Å². The lowest BCUT2D eigenvalue weighted by atomic mass is 10.2. The smallest absolute Gasteiger partial charge is 0.303 e. The van der Waals surface area contributed by atoms with Crippen LogP contribution in [-0.2, 0) is 13.6 Å². The molecule has 1 unspecified atom stereocenters. The molecule has 0 radical (unpaired) electrons. The van der Waals surface area contributed by atoms with Gasteiger partial charge >= 0.3 is 7.82 Å². The predicted octanol–water partition coefficient (Wildman–Crippen LogP) is 2.33.